The van der Waals surface area contributed by atoms with Crippen LogP contribution in [0.4, 0.5) is 0 Å². The second-order valence-electron chi connectivity index (χ2n) is 14.7. The van der Waals surface area contributed by atoms with Gasteiger partial charge in [-0.2, -0.15) is 0 Å². The second kappa shape index (κ2) is 11.4. The summed E-state index contributed by atoms with van der Waals surface area (Å²) < 4.78 is 0. The molecule has 2 aliphatic carbocycles. The van der Waals surface area contributed by atoms with Gasteiger partial charge in [0.15, 0.2) is 17.5 Å². The van der Waals surface area contributed by atoms with Crippen LogP contribution in [0.1, 0.15) is 22.3 Å². The van der Waals surface area contributed by atoms with Crippen LogP contribution in [0, 0.1) is 0 Å². The van der Waals surface area contributed by atoms with Crippen LogP contribution < -0.4 is 0 Å². The number of hydrogen-bond acceptors (Lipinski definition) is 3. The molecule has 0 unspecified atom stereocenters. The van der Waals surface area contributed by atoms with Gasteiger partial charge in [-0.3, -0.25) is 0 Å². The summed E-state index contributed by atoms with van der Waals surface area (Å²) in [6.45, 7) is 0. The summed E-state index contributed by atoms with van der Waals surface area (Å²) in [6.07, 6.45) is 0. The van der Waals surface area contributed by atoms with E-state index in [9.17, 15) is 0 Å². The number of aromatic nitrogens is 3. The van der Waals surface area contributed by atoms with Gasteiger partial charge in [0, 0.05) is 16.7 Å². The third-order valence-electron chi connectivity index (χ3n) is 11.9. The highest BCUT2D eigenvalue weighted by Crippen LogP contribution is 2.64. The molecule has 0 radical (unpaired) electrons. The Hall–Kier alpha value is -7.23. The molecule has 0 aliphatic heterocycles. The van der Waals surface area contributed by atoms with Crippen molar-refractivity contribution in [3.05, 3.63) is 210 Å². The molecular weight excluding hydrogens is 667 g/mol. The first-order valence-corrected chi connectivity index (χ1v) is 18.9. The van der Waals surface area contributed by atoms with Crippen LogP contribution in [0.5, 0.6) is 0 Å². The van der Waals surface area contributed by atoms with Crippen molar-refractivity contribution in [3.63, 3.8) is 0 Å². The molecule has 3 nitrogen and oxygen atoms in total. The average Bonchev–Trinajstić information content (AvgIpc) is 3.73. The van der Waals surface area contributed by atoms with Crippen LogP contribution >= 0.6 is 0 Å². The fourth-order valence-corrected chi connectivity index (χ4v) is 9.66. The van der Waals surface area contributed by atoms with Crippen molar-refractivity contribution in [1.82, 2.24) is 15.0 Å². The van der Waals surface area contributed by atoms with Crippen LogP contribution in [0.15, 0.2) is 188 Å². The molecule has 1 aromatic heterocycles. The number of rotatable bonds is 3. The maximum atomic E-state index is 5.25. The molecule has 3 heteroatoms. The zero-order chi connectivity index (χ0) is 36.1. The molecule has 0 fully saturated rings. The van der Waals surface area contributed by atoms with Crippen LogP contribution in [0.2, 0.25) is 0 Å². The largest absolute Gasteiger partial charge is 0.208 e. The summed E-state index contributed by atoms with van der Waals surface area (Å²) in [5, 5.41) is 6.92. The number of nitrogens with zero attached hydrogens (tertiary/aromatic N) is 3. The lowest BCUT2D eigenvalue weighted by Gasteiger charge is -2.31. The smallest absolute Gasteiger partial charge is 0.164 e. The van der Waals surface area contributed by atoms with E-state index in [1.54, 1.807) is 0 Å². The Morgan fingerprint density at radius 3 is 1.33 bits per heavy atom. The molecular formula is C52H31N3. The minimum absolute atomic E-state index is 0.420. The first-order valence-electron chi connectivity index (χ1n) is 18.9. The van der Waals surface area contributed by atoms with E-state index in [2.05, 4.69) is 188 Å². The Morgan fingerprint density at radius 2 is 0.745 bits per heavy atom. The van der Waals surface area contributed by atoms with Gasteiger partial charge in [0.2, 0.25) is 0 Å². The van der Waals surface area contributed by atoms with Crippen LogP contribution in [-0.4, -0.2) is 15.0 Å². The highest BCUT2D eigenvalue weighted by molar-refractivity contribution is 6.05. The molecule has 0 atom stereocenters. The quantitative estimate of drug-likeness (QED) is 0.184. The molecule has 1 heterocycles. The Bertz CT molecular complexity index is 3060. The normalized spacial score (nSPS) is 13.2. The molecule has 1 spiro atoms. The van der Waals surface area contributed by atoms with Crippen molar-refractivity contribution in [2.24, 2.45) is 0 Å². The van der Waals surface area contributed by atoms with Gasteiger partial charge in [0.05, 0.1) is 5.41 Å². The lowest BCUT2D eigenvalue weighted by atomic mass is 9.69. The van der Waals surface area contributed by atoms with Crippen molar-refractivity contribution in [2.75, 3.05) is 0 Å². The molecule has 55 heavy (non-hydrogen) atoms. The fraction of sp³-hybridized carbons (Fsp3) is 0.0192. The predicted molar refractivity (Wildman–Crippen MR) is 225 cm³/mol. The first-order chi connectivity index (χ1) is 27.3. The lowest BCUT2D eigenvalue weighted by Crippen LogP contribution is -2.26. The number of fused-ring (bicyclic) bond motifs is 14. The Labute approximate surface area is 318 Å². The SMILES string of the molecule is c1ccc2c(c1)-c1ccccc1C21c2ccccc2-c2ccc3cc(-c4nc(-c5cccc6ccccc56)nc(-c5cccc6ccccc56)n4)ccc3c21. The van der Waals surface area contributed by atoms with E-state index in [1.807, 2.05) is 0 Å². The van der Waals surface area contributed by atoms with Crippen LogP contribution in [-0.2, 0) is 5.41 Å². The van der Waals surface area contributed by atoms with E-state index in [0.717, 1.165) is 43.6 Å². The third kappa shape index (κ3) is 4.18. The lowest BCUT2D eigenvalue weighted by molar-refractivity contribution is 0.801. The summed E-state index contributed by atoms with van der Waals surface area (Å²) in [6, 6.07) is 67.9. The van der Waals surface area contributed by atoms with Crippen molar-refractivity contribution < 1.29 is 0 Å². The maximum absolute atomic E-state index is 5.25. The summed E-state index contributed by atoms with van der Waals surface area (Å²) >= 11 is 0. The van der Waals surface area contributed by atoms with Gasteiger partial charge < -0.3 is 0 Å². The second-order valence-corrected chi connectivity index (χ2v) is 14.7. The summed E-state index contributed by atoms with van der Waals surface area (Å²) in [7, 11) is 0. The first kappa shape index (κ1) is 30.3. The molecule has 2 aliphatic rings. The molecule has 0 N–H and O–H groups in total. The zero-order valence-electron chi connectivity index (χ0n) is 29.7. The van der Waals surface area contributed by atoms with Gasteiger partial charge >= 0.3 is 0 Å². The van der Waals surface area contributed by atoms with Crippen molar-refractivity contribution in [1.29, 1.82) is 0 Å². The molecule has 0 saturated carbocycles. The van der Waals surface area contributed by atoms with Gasteiger partial charge in [-0.05, 0) is 82.9 Å². The fourth-order valence-electron chi connectivity index (χ4n) is 9.66. The Balaban J connectivity index is 1.11. The molecule has 10 aromatic rings. The van der Waals surface area contributed by atoms with E-state index < -0.39 is 5.41 Å². The molecule has 0 amide bonds. The van der Waals surface area contributed by atoms with E-state index in [0.29, 0.717) is 17.5 Å². The van der Waals surface area contributed by atoms with E-state index in [1.165, 1.54) is 49.9 Å². The van der Waals surface area contributed by atoms with Crippen molar-refractivity contribution in [3.8, 4) is 56.4 Å². The summed E-state index contributed by atoms with van der Waals surface area (Å²) in [5.41, 5.74) is 13.1. The van der Waals surface area contributed by atoms with E-state index in [-0.39, 0.29) is 0 Å². The van der Waals surface area contributed by atoms with Crippen LogP contribution in [0.3, 0.4) is 0 Å². The highest BCUT2D eigenvalue weighted by atomic mass is 15.0. The maximum Gasteiger partial charge on any atom is 0.164 e. The zero-order valence-corrected chi connectivity index (χ0v) is 29.7. The topological polar surface area (TPSA) is 38.7 Å². The van der Waals surface area contributed by atoms with Crippen molar-refractivity contribution in [2.45, 2.75) is 5.41 Å². The Morgan fingerprint density at radius 1 is 0.291 bits per heavy atom. The van der Waals surface area contributed by atoms with Gasteiger partial charge in [0.1, 0.15) is 0 Å². The Kier molecular flexibility index (Phi) is 6.26. The van der Waals surface area contributed by atoms with Crippen molar-refractivity contribution >= 4 is 32.3 Å². The summed E-state index contributed by atoms with van der Waals surface area (Å²) in [5.74, 6) is 1.97. The number of benzene rings is 9. The monoisotopic (exact) mass is 697 g/mol. The van der Waals surface area contributed by atoms with E-state index in [4.69, 9.17) is 15.0 Å². The molecule has 0 bridgehead atoms. The van der Waals surface area contributed by atoms with Crippen LogP contribution in [0.25, 0.3) is 88.7 Å². The predicted octanol–water partition coefficient (Wildman–Crippen LogP) is 12.7. The third-order valence-corrected chi connectivity index (χ3v) is 11.9. The molecule has 0 saturated heterocycles. The molecule has 9 aromatic carbocycles. The molecule has 254 valence electrons. The minimum Gasteiger partial charge on any atom is -0.208 e. The van der Waals surface area contributed by atoms with Gasteiger partial charge in [0.25, 0.3) is 0 Å². The van der Waals surface area contributed by atoms with Gasteiger partial charge in [-0.1, -0.05) is 182 Å². The molecule has 12 rings (SSSR count). The average molecular weight is 698 g/mol. The number of hydrogen-bond donors (Lipinski definition) is 0. The van der Waals surface area contributed by atoms with Gasteiger partial charge in [-0.15, -0.1) is 0 Å². The van der Waals surface area contributed by atoms with E-state index >= 15 is 0 Å². The summed E-state index contributed by atoms with van der Waals surface area (Å²) in [4.78, 5) is 15.7. The highest BCUT2D eigenvalue weighted by Gasteiger charge is 2.52. The minimum atomic E-state index is -0.420. The standard InChI is InChI=1S/C52H31N3/c1-3-17-36-32(13-1)15-11-22-43(36)50-53-49(54-51(55-50)44-23-12-16-33-14-2-4-18-37(33)44)35-28-29-38-34(31-35)27-30-42-41-21-7-10-26-47(41)52(48(38)42)45-24-8-5-19-39(45)40-20-6-9-25-46(40)52/h1-31H. The van der Waals surface area contributed by atoms with Gasteiger partial charge in [-0.25, -0.2) is 15.0 Å².